The van der Waals surface area contributed by atoms with E-state index in [1.165, 1.54) is 122 Å². The summed E-state index contributed by atoms with van der Waals surface area (Å²) in [6.07, 6.45) is 68.4. The van der Waals surface area contributed by atoms with Crippen molar-refractivity contribution in [3.63, 3.8) is 0 Å². The molecule has 3 N–H and O–H groups in total. The minimum absolute atomic E-state index is 0.0400. The Balaban J connectivity index is 4.08. The lowest BCUT2D eigenvalue weighted by Gasteiger charge is -2.20. The quantitative estimate of drug-likeness (QED) is 0.0236. The Morgan fingerprint density at radius 2 is 0.838 bits per heavy atom. The molecule has 0 fully saturated rings. The van der Waals surface area contributed by atoms with Gasteiger partial charge in [-0.2, -0.15) is 0 Å². The van der Waals surface area contributed by atoms with E-state index in [4.69, 9.17) is 23.6 Å². The summed E-state index contributed by atoms with van der Waals surface area (Å²) in [4.78, 5) is 22.8. The summed E-state index contributed by atoms with van der Waals surface area (Å²) in [6.45, 7) is 3.39. The van der Waals surface area contributed by atoms with Crippen LogP contribution in [0.5, 0.6) is 0 Å². The van der Waals surface area contributed by atoms with Gasteiger partial charge in [-0.25, -0.2) is 4.57 Å². The summed E-state index contributed by atoms with van der Waals surface area (Å²) in [5, 5.41) is 18.5. The molecule has 10 heteroatoms. The molecule has 0 spiro atoms. The van der Waals surface area contributed by atoms with Gasteiger partial charge < -0.3 is 24.6 Å². The molecular weight excluding hydrogens is 872 g/mol. The number of allylic oxidation sites excluding steroid dienone is 14. The van der Waals surface area contributed by atoms with Gasteiger partial charge in [0.1, 0.15) is 12.2 Å². The molecule has 0 aromatic carbocycles. The predicted octanol–water partition coefficient (Wildman–Crippen LogP) is 16.6. The third-order valence-electron chi connectivity index (χ3n) is 11.6. The zero-order valence-electron chi connectivity index (χ0n) is 43.6. The first-order chi connectivity index (χ1) is 33.3. The molecule has 0 aromatic heterocycles. The highest BCUT2D eigenvalue weighted by molar-refractivity contribution is 7.47. The van der Waals surface area contributed by atoms with E-state index in [1.807, 2.05) is 0 Å². The van der Waals surface area contributed by atoms with E-state index in [-0.39, 0.29) is 19.6 Å². The Morgan fingerprint density at radius 1 is 0.471 bits per heavy atom. The summed E-state index contributed by atoms with van der Waals surface area (Å²) in [5.74, 6) is -0.395. The molecule has 0 aliphatic heterocycles. The lowest BCUT2D eigenvalue weighted by molar-refractivity contribution is -0.154. The maximum atomic E-state index is 12.7. The topological polar surface area (TPSA) is 132 Å². The monoisotopic (exact) mass is 975 g/mol. The summed E-state index contributed by atoms with van der Waals surface area (Å²) in [6, 6.07) is 0. The SMILES string of the molecule is CC/C=C\C/C=C\C/C=C\C/C=C\C/C=C\CCCCCCCCCC(=O)OC(COCCCCCCCCCCCCCC/C=C\C/C=C\CCCCCCC)COP(=O)(O)OCC(O)CO. The maximum Gasteiger partial charge on any atom is 0.472 e. The van der Waals surface area contributed by atoms with Crippen LogP contribution in [0.4, 0.5) is 0 Å². The molecule has 3 atom stereocenters. The Kier molecular flexibility index (Phi) is 52.1. The number of ether oxygens (including phenoxy) is 2. The maximum absolute atomic E-state index is 12.7. The lowest BCUT2D eigenvalue weighted by atomic mass is 10.0. The lowest BCUT2D eigenvalue weighted by Crippen LogP contribution is -2.29. The highest BCUT2D eigenvalue weighted by Crippen LogP contribution is 2.43. The third-order valence-corrected chi connectivity index (χ3v) is 12.5. The van der Waals surface area contributed by atoms with E-state index in [2.05, 4.69) is 98.9 Å². The number of hydrogen-bond donors (Lipinski definition) is 3. The normalized spacial score (nSPS) is 14.4. The zero-order chi connectivity index (χ0) is 49.5. The van der Waals surface area contributed by atoms with Gasteiger partial charge in [0.2, 0.25) is 0 Å². The van der Waals surface area contributed by atoms with Crippen LogP contribution in [-0.2, 0) is 27.9 Å². The number of hydrogen-bond acceptors (Lipinski definition) is 8. The van der Waals surface area contributed by atoms with Crippen LogP contribution in [0.2, 0.25) is 0 Å². The van der Waals surface area contributed by atoms with Gasteiger partial charge in [-0.3, -0.25) is 13.8 Å². The molecule has 68 heavy (non-hydrogen) atoms. The van der Waals surface area contributed by atoms with Crippen molar-refractivity contribution in [2.24, 2.45) is 0 Å². The number of aliphatic hydroxyl groups excluding tert-OH is 2. The summed E-state index contributed by atoms with van der Waals surface area (Å²) in [5.41, 5.74) is 0. The van der Waals surface area contributed by atoms with E-state index < -0.39 is 39.2 Å². The van der Waals surface area contributed by atoms with Crippen LogP contribution >= 0.6 is 7.82 Å². The molecule has 0 radical (unpaired) electrons. The second kappa shape index (κ2) is 54.0. The highest BCUT2D eigenvalue weighted by atomic mass is 31.2. The molecule has 0 saturated carbocycles. The number of phosphoric ester groups is 1. The minimum Gasteiger partial charge on any atom is -0.457 e. The van der Waals surface area contributed by atoms with Crippen molar-refractivity contribution in [3.05, 3.63) is 85.1 Å². The second-order valence-corrected chi connectivity index (χ2v) is 19.7. The van der Waals surface area contributed by atoms with Crippen LogP contribution in [-0.4, -0.2) is 66.3 Å². The molecule has 0 heterocycles. The van der Waals surface area contributed by atoms with Gasteiger partial charge in [-0.1, -0.05) is 221 Å². The third kappa shape index (κ3) is 53.0. The average molecular weight is 975 g/mol. The number of carbonyl (C=O) groups excluding carboxylic acids is 1. The van der Waals surface area contributed by atoms with Gasteiger partial charge in [0.05, 0.1) is 26.4 Å². The number of rotatable bonds is 52. The first-order valence-electron chi connectivity index (χ1n) is 27.6. The van der Waals surface area contributed by atoms with Crippen LogP contribution in [0.3, 0.4) is 0 Å². The molecule has 0 amide bonds. The molecule has 0 bridgehead atoms. The molecule has 3 unspecified atom stereocenters. The zero-order valence-corrected chi connectivity index (χ0v) is 44.4. The van der Waals surface area contributed by atoms with Crippen LogP contribution in [0.15, 0.2) is 85.1 Å². The molecular formula is C58H103O9P. The minimum atomic E-state index is -4.54. The molecule has 394 valence electrons. The van der Waals surface area contributed by atoms with Crippen molar-refractivity contribution in [2.75, 3.05) is 33.0 Å². The molecule has 0 saturated heterocycles. The second-order valence-electron chi connectivity index (χ2n) is 18.2. The fourth-order valence-electron chi connectivity index (χ4n) is 7.41. The first-order valence-corrected chi connectivity index (χ1v) is 29.1. The molecule has 0 rings (SSSR count). The van der Waals surface area contributed by atoms with E-state index in [1.54, 1.807) is 0 Å². The van der Waals surface area contributed by atoms with E-state index in [9.17, 15) is 19.4 Å². The molecule has 0 aliphatic rings. The Labute approximate surface area is 417 Å². The molecule has 9 nitrogen and oxygen atoms in total. The van der Waals surface area contributed by atoms with Crippen molar-refractivity contribution in [1.29, 1.82) is 0 Å². The van der Waals surface area contributed by atoms with E-state index in [0.29, 0.717) is 13.0 Å². The molecule has 0 aliphatic carbocycles. The largest absolute Gasteiger partial charge is 0.472 e. The standard InChI is InChI=1S/C58H103O9P/c1-3-5-7-9-11-13-15-17-19-21-23-25-27-29-31-33-35-37-39-41-43-45-47-49-51-64-54-57(55-66-68(62,63)65-53-56(60)52-59)67-58(61)50-48-46-44-42-40-38-36-34-32-30-28-26-24-22-20-18-16-14-12-10-8-6-4-2/h6,8,12,14-15,17-18,20-21,23-24,26,30,32,56-57,59-60H,3-5,7,9-11,13,16,19,22,25,27-29,31,33-55H2,1-2H3,(H,62,63)/b8-6-,14-12-,17-15-,20-18-,23-21-,26-24-,32-30-. The van der Waals surface area contributed by atoms with Crippen LogP contribution in [0.25, 0.3) is 0 Å². The van der Waals surface area contributed by atoms with Gasteiger partial charge in [0.25, 0.3) is 0 Å². The summed E-state index contributed by atoms with van der Waals surface area (Å²) < 4.78 is 33.6. The van der Waals surface area contributed by atoms with Gasteiger partial charge in [-0.15, -0.1) is 0 Å². The number of carbonyl (C=O) groups is 1. The van der Waals surface area contributed by atoms with Gasteiger partial charge in [0.15, 0.2) is 0 Å². The Bertz CT molecular complexity index is 1340. The average Bonchev–Trinajstić information content (AvgIpc) is 3.33. The Hall–Kier alpha value is -2.36. The van der Waals surface area contributed by atoms with Crippen molar-refractivity contribution in [2.45, 2.75) is 244 Å². The summed E-state index contributed by atoms with van der Waals surface area (Å²) in [7, 11) is -4.54. The Morgan fingerprint density at radius 3 is 1.26 bits per heavy atom. The fourth-order valence-corrected chi connectivity index (χ4v) is 8.20. The number of aliphatic hydroxyl groups is 2. The van der Waals surface area contributed by atoms with Crippen molar-refractivity contribution in [3.8, 4) is 0 Å². The predicted molar refractivity (Wildman–Crippen MR) is 288 cm³/mol. The van der Waals surface area contributed by atoms with Crippen LogP contribution in [0, 0.1) is 0 Å². The highest BCUT2D eigenvalue weighted by Gasteiger charge is 2.26. The van der Waals surface area contributed by atoms with Crippen LogP contribution < -0.4 is 0 Å². The van der Waals surface area contributed by atoms with Crippen molar-refractivity contribution in [1.82, 2.24) is 0 Å². The number of esters is 1. The fraction of sp³-hybridized carbons (Fsp3) is 0.741. The van der Waals surface area contributed by atoms with Crippen molar-refractivity contribution < 1.29 is 43.0 Å². The van der Waals surface area contributed by atoms with Crippen molar-refractivity contribution >= 4 is 13.8 Å². The number of unbranched alkanes of at least 4 members (excludes halogenated alkanes) is 24. The van der Waals surface area contributed by atoms with Gasteiger partial charge >= 0.3 is 13.8 Å². The summed E-state index contributed by atoms with van der Waals surface area (Å²) >= 11 is 0. The van der Waals surface area contributed by atoms with Gasteiger partial charge in [-0.05, 0) is 89.9 Å². The number of phosphoric acid groups is 1. The smallest absolute Gasteiger partial charge is 0.457 e. The van der Waals surface area contributed by atoms with E-state index >= 15 is 0 Å². The first kappa shape index (κ1) is 65.6. The van der Waals surface area contributed by atoms with E-state index in [0.717, 1.165) is 83.5 Å². The van der Waals surface area contributed by atoms with Gasteiger partial charge in [0, 0.05) is 13.0 Å². The molecule has 0 aromatic rings. The van der Waals surface area contributed by atoms with Crippen LogP contribution in [0.1, 0.15) is 232 Å².